The molecule has 1 N–H and O–H groups in total. The first-order valence-corrected chi connectivity index (χ1v) is 8.40. The highest BCUT2D eigenvalue weighted by molar-refractivity contribution is 7.97. The predicted molar refractivity (Wildman–Crippen MR) is 85.1 cm³/mol. The summed E-state index contributed by atoms with van der Waals surface area (Å²) in [5.74, 6) is 2.95. The molecule has 3 aromatic rings. The van der Waals surface area contributed by atoms with Crippen LogP contribution in [0.25, 0.3) is 10.1 Å². The lowest BCUT2D eigenvalue weighted by molar-refractivity contribution is 0.487. The molecule has 2 heterocycles. The first-order chi connectivity index (χ1) is 9.35. The number of anilines is 1. The fourth-order valence-electron chi connectivity index (χ4n) is 2.00. The van der Waals surface area contributed by atoms with Crippen LogP contribution in [-0.2, 0) is 12.3 Å². The smallest absolute Gasteiger partial charge is 0.123 e. The van der Waals surface area contributed by atoms with Gasteiger partial charge in [0.05, 0.1) is 12.3 Å². The van der Waals surface area contributed by atoms with Crippen LogP contribution in [0, 0.1) is 0 Å². The molecule has 0 saturated heterocycles. The van der Waals surface area contributed by atoms with Crippen molar-refractivity contribution in [1.29, 1.82) is 0 Å². The summed E-state index contributed by atoms with van der Waals surface area (Å²) in [7, 11) is 0. The van der Waals surface area contributed by atoms with Crippen LogP contribution in [0.1, 0.15) is 11.5 Å². The Kier molecular flexibility index (Phi) is 3.80. The summed E-state index contributed by atoms with van der Waals surface area (Å²) >= 11 is 3.54. The van der Waals surface area contributed by atoms with E-state index in [9.17, 15) is 0 Å². The molecule has 4 heteroatoms. The van der Waals surface area contributed by atoms with Crippen LogP contribution in [0.5, 0.6) is 0 Å². The fourth-order valence-corrected chi connectivity index (χ4v) is 3.21. The highest BCUT2D eigenvalue weighted by Gasteiger charge is 2.02. The summed E-state index contributed by atoms with van der Waals surface area (Å²) in [6, 6.07) is 12.7. The van der Waals surface area contributed by atoms with Crippen molar-refractivity contribution in [3.05, 3.63) is 53.3 Å². The van der Waals surface area contributed by atoms with Crippen molar-refractivity contribution in [2.75, 3.05) is 11.6 Å². The number of thioether (sulfide) groups is 1. The first-order valence-electron chi connectivity index (χ1n) is 6.13. The predicted octanol–water partition coefficient (Wildman–Crippen LogP) is 4.97. The monoisotopic (exact) mass is 289 g/mol. The van der Waals surface area contributed by atoms with Gasteiger partial charge in [0.15, 0.2) is 0 Å². The molecule has 1 aromatic carbocycles. The van der Waals surface area contributed by atoms with Gasteiger partial charge in [-0.1, -0.05) is 0 Å². The Morgan fingerprint density at radius 1 is 1.16 bits per heavy atom. The highest BCUT2D eigenvalue weighted by atomic mass is 32.2. The quantitative estimate of drug-likeness (QED) is 0.718. The Labute approximate surface area is 120 Å². The minimum Gasteiger partial charge on any atom is -0.463 e. The number of hydrogen-bond donors (Lipinski definition) is 1. The standard InChI is InChI=1S/C15H15NOS2/c1-18-10-14-4-3-13(17-14)9-16-12-2-5-15-11(8-12)6-7-19-15/h2-8,16H,9-10H2,1H3. The molecule has 0 aliphatic carbocycles. The summed E-state index contributed by atoms with van der Waals surface area (Å²) in [5.41, 5.74) is 1.13. The maximum Gasteiger partial charge on any atom is 0.123 e. The van der Waals surface area contributed by atoms with Gasteiger partial charge in [-0.3, -0.25) is 0 Å². The van der Waals surface area contributed by atoms with E-state index in [0.29, 0.717) is 0 Å². The van der Waals surface area contributed by atoms with E-state index in [-0.39, 0.29) is 0 Å². The van der Waals surface area contributed by atoms with Gasteiger partial charge in [-0.25, -0.2) is 0 Å². The molecule has 0 bridgehead atoms. The third kappa shape index (κ3) is 2.96. The minimum atomic E-state index is 0.726. The van der Waals surface area contributed by atoms with Gasteiger partial charge in [0.25, 0.3) is 0 Å². The van der Waals surface area contributed by atoms with Gasteiger partial charge >= 0.3 is 0 Å². The number of benzene rings is 1. The summed E-state index contributed by atoms with van der Waals surface area (Å²) in [5, 5.41) is 6.81. The zero-order chi connectivity index (χ0) is 13.1. The molecular weight excluding hydrogens is 274 g/mol. The van der Waals surface area contributed by atoms with Crippen LogP contribution < -0.4 is 5.32 Å². The van der Waals surface area contributed by atoms with Gasteiger partial charge in [0.2, 0.25) is 0 Å². The lowest BCUT2D eigenvalue weighted by Crippen LogP contribution is -1.97. The second kappa shape index (κ2) is 5.72. The van der Waals surface area contributed by atoms with Gasteiger partial charge in [-0.2, -0.15) is 11.8 Å². The maximum atomic E-state index is 5.74. The Bertz CT molecular complexity index is 671. The van der Waals surface area contributed by atoms with E-state index in [4.69, 9.17) is 4.42 Å². The van der Waals surface area contributed by atoms with Crippen molar-refractivity contribution in [3.63, 3.8) is 0 Å². The molecule has 0 spiro atoms. The van der Waals surface area contributed by atoms with E-state index in [1.54, 1.807) is 23.1 Å². The van der Waals surface area contributed by atoms with E-state index in [2.05, 4.69) is 47.3 Å². The first kappa shape index (κ1) is 12.6. The largest absolute Gasteiger partial charge is 0.463 e. The second-order valence-electron chi connectivity index (χ2n) is 4.33. The van der Waals surface area contributed by atoms with Crippen LogP contribution in [0.3, 0.4) is 0 Å². The third-order valence-electron chi connectivity index (χ3n) is 2.92. The van der Waals surface area contributed by atoms with Crippen molar-refractivity contribution >= 4 is 38.9 Å². The Balaban J connectivity index is 1.67. The number of thiophene rings is 1. The van der Waals surface area contributed by atoms with Crippen molar-refractivity contribution < 1.29 is 4.42 Å². The molecule has 2 aromatic heterocycles. The van der Waals surface area contributed by atoms with Gasteiger partial charge < -0.3 is 9.73 Å². The molecule has 0 aliphatic rings. The molecule has 0 fully saturated rings. The van der Waals surface area contributed by atoms with Gasteiger partial charge in [-0.15, -0.1) is 11.3 Å². The van der Waals surface area contributed by atoms with Gasteiger partial charge in [0.1, 0.15) is 11.5 Å². The molecule has 98 valence electrons. The molecule has 0 amide bonds. The molecule has 0 unspecified atom stereocenters. The summed E-state index contributed by atoms with van der Waals surface area (Å²) in [6.07, 6.45) is 2.08. The molecular formula is C15H15NOS2. The molecule has 19 heavy (non-hydrogen) atoms. The number of hydrogen-bond acceptors (Lipinski definition) is 4. The van der Waals surface area contributed by atoms with Gasteiger partial charge in [0, 0.05) is 10.4 Å². The fraction of sp³-hybridized carbons (Fsp3) is 0.200. The molecule has 0 saturated carbocycles. The topological polar surface area (TPSA) is 25.2 Å². The lowest BCUT2D eigenvalue weighted by atomic mass is 10.2. The second-order valence-corrected chi connectivity index (χ2v) is 6.14. The number of nitrogens with one attached hydrogen (secondary N) is 1. The SMILES string of the molecule is CSCc1ccc(CNc2ccc3sccc3c2)o1. The Morgan fingerprint density at radius 3 is 2.95 bits per heavy atom. The van der Waals surface area contributed by atoms with E-state index in [1.165, 1.54) is 10.1 Å². The van der Waals surface area contributed by atoms with Crippen molar-refractivity contribution in [1.82, 2.24) is 0 Å². The lowest BCUT2D eigenvalue weighted by Gasteiger charge is -2.04. The van der Waals surface area contributed by atoms with Gasteiger partial charge in [-0.05, 0) is 53.4 Å². The van der Waals surface area contributed by atoms with Crippen LogP contribution >= 0.6 is 23.1 Å². The molecule has 2 nitrogen and oxygen atoms in total. The highest BCUT2D eigenvalue weighted by Crippen LogP contribution is 2.24. The van der Waals surface area contributed by atoms with Crippen LogP contribution in [0.4, 0.5) is 5.69 Å². The number of furan rings is 1. The number of rotatable bonds is 5. The summed E-state index contributed by atoms with van der Waals surface area (Å²) in [6.45, 7) is 0.726. The zero-order valence-electron chi connectivity index (χ0n) is 10.7. The van der Waals surface area contributed by atoms with E-state index >= 15 is 0 Å². The molecule has 0 atom stereocenters. The van der Waals surface area contributed by atoms with Crippen molar-refractivity contribution in [2.24, 2.45) is 0 Å². The van der Waals surface area contributed by atoms with Crippen molar-refractivity contribution in [3.8, 4) is 0 Å². The maximum absolute atomic E-state index is 5.74. The van der Waals surface area contributed by atoms with Crippen LogP contribution in [0.15, 0.2) is 46.2 Å². The summed E-state index contributed by atoms with van der Waals surface area (Å²) in [4.78, 5) is 0. The van der Waals surface area contributed by atoms with E-state index < -0.39 is 0 Å². The Hall–Kier alpha value is -1.39. The average Bonchev–Trinajstić information content (AvgIpc) is 3.04. The third-order valence-corrected chi connectivity index (χ3v) is 4.39. The Morgan fingerprint density at radius 2 is 2.05 bits per heavy atom. The van der Waals surface area contributed by atoms with Crippen LogP contribution in [-0.4, -0.2) is 6.26 Å². The normalized spacial score (nSPS) is 11.0. The number of fused-ring (bicyclic) bond motifs is 1. The molecule has 0 aliphatic heterocycles. The van der Waals surface area contributed by atoms with Crippen molar-refractivity contribution in [2.45, 2.75) is 12.3 Å². The van der Waals surface area contributed by atoms with Crippen LogP contribution in [0.2, 0.25) is 0 Å². The average molecular weight is 289 g/mol. The molecule has 0 radical (unpaired) electrons. The minimum absolute atomic E-state index is 0.726. The zero-order valence-corrected chi connectivity index (χ0v) is 12.3. The summed E-state index contributed by atoms with van der Waals surface area (Å²) < 4.78 is 7.06. The van der Waals surface area contributed by atoms with E-state index in [1.807, 2.05) is 6.07 Å². The molecule has 3 rings (SSSR count). The van der Waals surface area contributed by atoms with E-state index in [0.717, 1.165) is 29.5 Å².